The molecule has 1 amide bonds. The second-order valence-corrected chi connectivity index (χ2v) is 9.80. The Morgan fingerprint density at radius 3 is 2.67 bits per heavy atom. The average Bonchev–Trinajstić information content (AvgIpc) is 3.22. The number of nitrogens with zero attached hydrogens (tertiary/aromatic N) is 5. The van der Waals surface area contributed by atoms with E-state index < -0.39 is 0 Å². The smallest absolute Gasteiger partial charge is 0.225 e. The molecule has 0 fully saturated rings. The molecule has 1 N–H and O–H groups in total. The van der Waals surface area contributed by atoms with E-state index in [0.717, 1.165) is 28.1 Å². The molecule has 7 nitrogen and oxygen atoms in total. The molecule has 1 aromatic carbocycles. The summed E-state index contributed by atoms with van der Waals surface area (Å²) in [6.07, 6.45) is 5.16. The Balaban J connectivity index is 1.58. The lowest BCUT2D eigenvalue weighted by molar-refractivity contribution is -0.135. The molecule has 0 saturated carbocycles. The maximum Gasteiger partial charge on any atom is 0.225 e. The fraction of sp³-hybridized carbons (Fsp3) is 0.300. The molecule has 3 aromatic rings. The summed E-state index contributed by atoms with van der Waals surface area (Å²) in [7, 11) is 0. The molecular weight excluding hydrogens is 534 g/mol. The molecule has 0 saturated heterocycles. The van der Waals surface area contributed by atoms with E-state index >= 15 is 0 Å². The molecule has 1 aliphatic rings. The van der Waals surface area contributed by atoms with Gasteiger partial charge in [0, 0.05) is 41.9 Å². The van der Waals surface area contributed by atoms with E-state index in [1.807, 2.05) is 59.9 Å². The van der Waals surface area contributed by atoms with E-state index in [1.165, 1.54) is 0 Å². The van der Waals surface area contributed by atoms with Crippen LogP contribution in [0.4, 0.5) is 11.5 Å². The van der Waals surface area contributed by atoms with Crippen molar-refractivity contribution in [2.24, 2.45) is 5.92 Å². The zero-order valence-electron chi connectivity index (χ0n) is 16.6. The van der Waals surface area contributed by atoms with E-state index in [-0.39, 0.29) is 17.1 Å². The van der Waals surface area contributed by atoms with Gasteiger partial charge >= 0.3 is 0 Å². The average molecular weight is 555 g/mol. The minimum Gasteiger partial charge on any atom is -0.340 e. The predicted octanol–water partition coefficient (Wildman–Crippen LogP) is 5.07. The number of carbonyl (C=O) groups is 1. The van der Waals surface area contributed by atoms with E-state index in [9.17, 15) is 4.79 Å². The summed E-state index contributed by atoms with van der Waals surface area (Å²) in [5, 5.41) is 7.91. The molecule has 156 valence electrons. The van der Waals surface area contributed by atoms with Crippen molar-refractivity contribution in [1.82, 2.24) is 24.4 Å². The number of halogens is 2. The van der Waals surface area contributed by atoms with Gasteiger partial charge in [-0.2, -0.15) is 5.10 Å². The third kappa shape index (κ3) is 4.60. The van der Waals surface area contributed by atoms with E-state index in [0.29, 0.717) is 31.7 Å². The SMILES string of the molecule is CC(C)C(=O)N1CCc2nc(Cl)nc(Nc3ccc(-c4cnn(PI)c4)cc3)c2C1. The van der Waals surface area contributed by atoms with Gasteiger partial charge in [-0.1, -0.05) is 26.0 Å². The Morgan fingerprint density at radius 1 is 1.23 bits per heavy atom. The van der Waals surface area contributed by atoms with Gasteiger partial charge in [-0.25, -0.2) is 14.4 Å². The molecule has 0 spiro atoms. The normalized spacial score (nSPS) is 13.8. The number of benzene rings is 1. The molecule has 1 unspecified atom stereocenters. The number of amides is 1. The highest BCUT2D eigenvalue weighted by molar-refractivity contribution is 14.2. The van der Waals surface area contributed by atoms with Crippen LogP contribution in [0.1, 0.15) is 25.1 Å². The van der Waals surface area contributed by atoms with Crippen molar-refractivity contribution < 1.29 is 4.79 Å². The molecule has 4 rings (SSSR count). The number of hydrogen-bond donors (Lipinski definition) is 1. The highest BCUT2D eigenvalue weighted by atomic mass is 127. The highest BCUT2D eigenvalue weighted by Gasteiger charge is 2.26. The van der Waals surface area contributed by atoms with Gasteiger partial charge < -0.3 is 10.2 Å². The second kappa shape index (κ2) is 9.16. The minimum absolute atomic E-state index is 0.0409. The molecule has 3 heterocycles. The highest BCUT2D eigenvalue weighted by Crippen LogP contribution is 2.30. The van der Waals surface area contributed by atoms with E-state index in [1.54, 1.807) is 0 Å². The van der Waals surface area contributed by atoms with Crippen LogP contribution >= 0.6 is 40.0 Å². The second-order valence-electron chi connectivity index (χ2n) is 7.39. The van der Waals surface area contributed by atoms with Crippen LogP contribution in [0, 0.1) is 5.92 Å². The Hall–Kier alpha value is -1.77. The summed E-state index contributed by atoms with van der Waals surface area (Å²) in [4.78, 5) is 23.1. The topological polar surface area (TPSA) is 75.9 Å². The zero-order valence-corrected chi connectivity index (χ0v) is 20.5. The number of hydrogen-bond acceptors (Lipinski definition) is 5. The molecular formula is C20H21ClIN6OP. The maximum absolute atomic E-state index is 12.5. The fourth-order valence-electron chi connectivity index (χ4n) is 3.44. The van der Waals surface area contributed by atoms with Crippen molar-refractivity contribution in [3.05, 3.63) is 53.2 Å². The third-order valence-electron chi connectivity index (χ3n) is 4.99. The van der Waals surface area contributed by atoms with Crippen molar-refractivity contribution in [2.45, 2.75) is 26.8 Å². The van der Waals surface area contributed by atoms with Gasteiger partial charge in [0.05, 0.1) is 24.8 Å². The van der Waals surface area contributed by atoms with Crippen LogP contribution in [-0.2, 0) is 17.8 Å². The molecule has 0 aliphatic carbocycles. The van der Waals surface area contributed by atoms with Gasteiger partial charge in [-0.05, 0) is 51.3 Å². The molecule has 1 aliphatic heterocycles. The van der Waals surface area contributed by atoms with Crippen LogP contribution in [0.5, 0.6) is 0 Å². The summed E-state index contributed by atoms with van der Waals surface area (Å²) in [5.41, 5.74) is 4.89. The minimum atomic E-state index is -0.0409. The molecule has 10 heteroatoms. The first-order valence-corrected chi connectivity index (χ1v) is 14.0. The van der Waals surface area contributed by atoms with Gasteiger partial charge in [0.15, 0.2) is 0 Å². The fourth-order valence-corrected chi connectivity index (χ4v) is 4.71. The Labute approximate surface area is 194 Å². The first-order valence-electron chi connectivity index (χ1n) is 9.57. The van der Waals surface area contributed by atoms with Gasteiger partial charge in [-0.3, -0.25) is 4.79 Å². The number of carbonyl (C=O) groups excluding carboxylic acids is 1. The number of nitrogens with one attached hydrogen (secondary N) is 1. The maximum atomic E-state index is 12.5. The van der Waals surface area contributed by atoms with Crippen LogP contribution in [0.2, 0.25) is 5.28 Å². The zero-order chi connectivity index (χ0) is 21.3. The molecule has 30 heavy (non-hydrogen) atoms. The summed E-state index contributed by atoms with van der Waals surface area (Å²) in [5.74, 6) is 0.748. The molecule has 0 radical (unpaired) electrons. The number of fused-ring (bicyclic) bond motifs is 1. The Kier molecular flexibility index (Phi) is 6.55. The van der Waals surface area contributed by atoms with Crippen molar-refractivity contribution in [3.63, 3.8) is 0 Å². The van der Waals surface area contributed by atoms with Gasteiger partial charge in [0.1, 0.15) is 5.82 Å². The summed E-state index contributed by atoms with van der Waals surface area (Å²) in [6.45, 7) is 4.97. The van der Waals surface area contributed by atoms with Crippen LogP contribution in [0.15, 0.2) is 36.7 Å². The van der Waals surface area contributed by atoms with Crippen LogP contribution in [0.25, 0.3) is 11.1 Å². The lowest BCUT2D eigenvalue weighted by atomic mass is 10.0. The van der Waals surface area contributed by atoms with Gasteiger partial charge in [0.2, 0.25) is 11.2 Å². The lowest BCUT2D eigenvalue weighted by Gasteiger charge is -2.30. The van der Waals surface area contributed by atoms with Gasteiger partial charge in [-0.15, -0.1) is 0 Å². The first-order chi connectivity index (χ1) is 14.4. The lowest BCUT2D eigenvalue weighted by Crippen LogP contribution is -2.39. The largest absolute Gasteiger partial charge is 0.340 e. The number of anilines is 2. The van der Waals surface area contributed by atoms with Crippen molar-refractivity contribution in [2.75, 3.05) is 11.9 Å². The Morgan fingerprint density at radius 2 is 2.00 bits per heavy atom. The Bertz CT molecular complexity index is 1070. The van der Waals surface area contributed by atoms with Crippen molar-refractivity contribution in [3.8, 4) is 11.1 Å². The van der Waals surface area contributed by atoms with E-state index in [2.05, 4.69) is 42.4 Å². The van der Waals surface area contributed by atoms with Crippen molar-refractivity contribution >= 4 is 57.4 Å². The van der Waals surface area contributed by atoms with E-state index in [4.69, 9.17) is 11.6 Å². The van der Waals surface area contributed by atoms with Crippen LogP contribution < -0.4 is 5.32 Å². The van der Waals surface area contributed by atoms with Crippen molar-refractivity contribution in [1.29, 1.82) is 0 Å². The monoisotopic (exact) mass is 554 g/mol. The summed E-state index contributed by atoms with van der Waals surface area (Å²) in [6, 6.07) is 8.09. The molecule has 0 bridgehead atoms. The standard InChI is InChI=1S/C20H21ClIN6OP/c1-12(2)19(29)27-8-7-17-16(11-27)18(26-20(21)25-17)24-15-5-3-13(4-6-15)14-9-23-28(10-14)30-22/h3-6,9-10,12,30H,7-8,11H2,1-2H3,(H,24,25,26). The van der Waals surface area contributed by atoms with Gasteiger partial charge in [0.25, 0.3) is 0 Å². The molecule has 2 aromatic heterocycles. The summed E-state index contributed by atoms with van der Waals surface area (Å²) >= 11 is 8.47. The number of aromatic nitrogens is 4. The number of rotatable bonds is 5. The van der Waals surface area contributed by atoms with Crippen LogP contribution in [-0.4, -0.2) is 36.9 Å². The molecule has 1 atom stereocenters. The predicted molar refractivity (Wildman–Crippen MR) is 130 cm³/mol. The third-order valence-corrected chi connectivity index (χ3v) is 7.06. The first kappa shape index (κ1) is 21.5. The summed E-state index contributed by atoms with van der Waals surface area (Å²) < 4.78 is 1.92. The quantitative estimate of drug-likeness (QED) is 0.271. The van der Waals surface area contributed by atoms with Crippen LogP contribution in [0.3, 0.4) is 0 Å².